The van der Waals surface area contributed by atoms with Gasteiger partial charge in [0.05, 0.1) is 22.8 Å². The zero-order chi connectivity index (χ0) is 34.3. The van der Waals surface area contributed by atoms with Gasteiger partial charge in [-0.25, -0.2) is 14.4 Å². The minimum Gasteiger partial charge on any atom is -0.459 e. The van der Waals surface area contributed by atoms with Crippen LogP contribution in [0.25, 0.3) is 0 Å². The second kappa shape index (κ2) is 15.3. The van der Waals surface area contributed by atoms with E-state index in [4.69, 9.17) is 33.2 Å². The Balaban J connectivity index is 1.26. The van der Waals surface area contributed by atoms with Crippen molar-refractivity contribution in [3.63, 3.8) is 0 Å². The van der Waals surface area contributed by atoms with Crippen molar-refractivity contribution < 1.29 is 47.5 Å². The van der Waals surface area contributed by atoms with Crippen LogP contribution in [0, 0.1) is 0 Å². The molecule has 4 aromatic rings. The monoisotopic (exact) mass is 678 g/mol. The molecule has 0 N–H and O–H groups in total. The van der Waals surface area contributed by atoms with Gasteiger partial charge in [0.2, 0.25) is 0 Å². The molecular formula is C40H38O10. The number of rotatable bonds is 10. The van der Waals surface area contributed by atoms with Gasteiger partial charge in [-0.2, -0.15) is 0 Å². The Hall–Kier alpha value is -4.87. The topological polar surface area (TPSA) is 116 Å². The maximum absolute atomic E-state index is 13.7. The summed E-state index contributed by atoms with van der Waals surface area (Å²) in [5, 5.41) is 0. The van der Waals surface area contributed by atoms with Gasteiger partial charge in [0.1, 0.15) is 12.7 Å². The first-order valence-corrected chi connectivity index (χ1v) is 17.0. The molecule has 0 radical (unpaired) electrons. The van der Waals surface area contributed by atoms with Gasteiger partial charge < -0.3 is 28.4 Å². The van der Waals surface area contributed by atoms with Crippen LogP contribution in [0.15, 0.2) is 121 Å². The fourth-order valence-electron chi connectivity index (χ4n) is 6.52. The first-order valence-electron chi connectivity index (χ1n) is 17.0. The number of carbonyl (C=O) groups is 3. The molecule has 4 aromatic carbocycles. The van der Waals surface area contributed by atoms with Crippen LogP contribution >= 0.6 is 0 Å². The van der Waals surface area contributed by atoms with Crippen molar-refractivity contribution in [1.82, 2.24) is 0 Å². The molecule has 1 unspecified atom stereocenters. The smallest absolute Gasteiger partial charge is 0.338 e. The lowest BCUT2D eigenvalue weighted by Gasteiger charge is -2.41. The number of ether oxygens (including phenoxy) is 7. The minimum absolute atomic E-state index is 0.163. The van der Waals surface area contributed by atoms with Crippen molar-refractivity contribution in [2.45, 2.75) is 74.9 Å². The third kappa shape index (κ3) is 7.49. The van der Waals surface area contributed by atoms with E-state index < -0.39 is 54.6 Å². The molecule has 2 heterocycles. The standard InChI is InChI=1S/C40H38O10/c41-36(27-16-6-1-7-17-27)44-26-32-33(46-37(42)28-18-8-2-9-19-28)34(47-38(43)29-20-10-3-11-21-29)35-39(45-32)50-40(49-35,30-22-12-4-13-23-30)48-31-24-14-5-15-25-31/h1-4,6-13,16-23,31-35,39H,5,14-15,24-26H2/t32-,33-,34+,35-,39-,40?/m1/s1. The molecule has 6 atom stereocenters. The Bertz CT molecular complexity index is 1730. The molecule has 258 valence electrons. The molecule has 10 heteroatoms. The molecule has 0 aromatic heterocycles. The number of esters is 3. The molecule has 1 aliphatic carbocycles. The van der Waals surface area contributed by atoms with Crippen LogP contribution in [0.1, 0.15) is 68.7 Å². The van der Waals surface area contributed by atoms with E-state index in [-0.39, 0.29) is 23.8 Å². The molecule has 3 aliphatic rings. The Labute approximate surface area is 290 Å². The van der Waals surface area contributed by atoms with Crippen molar-refractivity contribution in [1.29, 1.82) is 0 Å². The highest BCUT2D eigenvalue weighted by Gasteiger charge is 2.62. The van der Waals surface area contributed by atoms with Gasteiger partial charge in [0.25, 0.3) is 0 Å². The van der Waals surface area contributed by atoms with E-state index in [2.05, 4.69) is 0 Å². The van der Waals surface area contributed by atoms with E-state index in [1.807, 2.05) is 30.3 Å². The van der Waals surface area contributed by atoms with Gasteiger partial charge in [0, 0.05) is 5.56 Å². The van der Waals surface area contributed by atoms with Crippen LogP contribution in [-0.4, -0.2) is 61.3 Å². The second-order valence-electron chi connectivity index (χ2n) is 12.5. The van der Waals surface area contributed by atoms with E-state index in [9.17, 15) is 14.4 Å². The fraction of sp³-hybridized carbons (Fsp3) is 0.325. The summed E-state index contributed by atoms with van der Waals surface area (Å²) in [6.07, 6.45) is -1.37. The summed E-state index contributed by atoms with van der Waals surface area (Å²) in [6, 6.07) is 34.6. The maximum Gasteiger partial charge on any atom is 0.338 e. The molecule has 7 rings (SSSR count). The normalized spacial score (nSPS) is 26.4. The molecule has 2 aliphatic heterocycles. The predicted octanol–water partition coefficient (Wildman–Crippen LogP) is 6.59. The lowest BCUT2D eigenvalue weighted by atomic mass is 9.97. The SMILES string of the molecule is O=C(OC[C@H]1O[C@@H]2OC(OC3CCCCC3)(c3ccccc3)O[C@@H]2[C@@H](OC(=O)c2ccccc2)[C@@H]1OC(=O)c1ccccc1)c1ccccc1. The quantitative estimate of drug-likeness (QED) is 0.134. The van der Waals surface area contributed by atoms with Crippen LogP contribution in [0.4, 0.5) is 0 Å². The Morgan fingerprint density at radius 3 is 1.66 bits per heavy atom. The van der Waals surface area contributed by atoms with Gasteiger partial charge in [-0.1, -0.05) is 104 Å². The van der Waals surface area contributed by atoms with Gasteiger partial charge >= 0.3 is 23.9 Å². The number of hydrogen-bond donors (Lipinski definition) is 0. The van der Waals surface area contributed by atoms with Crippen molar-refractivity contribution in [2.24, 2.45) is 0 Å². The molecule has 2 saturated heterocycles. The maximum atomic E-state index is 13.7. The van der Waals surface area contributed by atoms with Crippen LogP contribution < -0.4 is 0 Å². The lowest BCUT2D eigenvalue weighted by Crippen LogP contribution is -2.60. The number of benzene rings is 4. The summed E-state index contributed by atoms with van der Waals surface area (Å²) in [4.78, 5) is 40.4. The first kappa shape index (κ1) is 33.6. The van der Waals surface area contributed by atoms with Crippen LogP contribution in [0.5, 0.6) is 0 Å². The van der Waals surface area contributed by atoms with Gasteiger partial charge in [-0.05, 0) is 49.2 Å². The molecular weight excluding hydrogens is 640 g/mol. The third-order valence-corrected chi connectivity index (χ3v) is 9.05. The van der Waals surface area contributed by atoms with Gasteiger partial charge in [0.15, 0.2) is 24.6 Å². The van der Waals surface area contributed by atoms with E-state index in [0.717, 1.165) is 32.1 Å². The minimum atomic E-state index is -1.72. The highest BCUT2D eigenvalue weighted by molar-refractivity contribution is 5.91. The Morgan fingerprint density at radius 2 is 1.10 bits per heavy atom. The fourth-order valence-corrected chi connectivity index (χ4v) is 6.52. The first-order chi connectivity index (χ1) is 24.5. The zero-order valence-corrected chi connectivity index (χ0v) is 27.3. The number of hydrogen-bond acceptors (Lipinski definition) is 10. The van der Waals surface area contributed by atoms with Crippen molar-refractivity contribution >= 4 is 17.9 Å². The Morgan fingerprint density at radius 1 is 0.600 bits per heavy atom. The highest BCUT2D eigenvalue weighted by atomic mass is 16.9. The lowest BCUT2D eigenvalue weighted by molar-refractivity contribution is -0.383. The van der Waals surface area contributed by atoms with Crippen molar-refractivity contribution in [3.8, 4) is 0 Å². The summed E-state index contributed by atoms with van der Waals surface area (Å²) in [5.74, 6) is -3.69. The second-order valence-corrected chi connectivity index (χ2v) is 12.5. The summed E-state index contributed by atoms with van der Waals surface area (Å²) < 4.78 is 44.4. The summed E-state index contributed by atoms with van der Waals surface area (Å²) in [6.45, 7) is -0.353. The molecule has 0 bridgehead atoms. The predicted molar refractivity (Wildman–Crippen MR) is 179 cm³/mol. The Kier molecular flexibility index (Phi) is 10.3. The molecule has 0 amide bonds. The van der Waals surface area contributed by atoms with E-state index >= 15 is 0 Å². The summed E-state index contributed by atoms with van der Waals surface area (Å²) in [7, 11) is 0. The largest absolute Gasteiger partial charge is 0.459 e. The van der Waals surface area contributed by atoms with Gasteiger partial charge in [-0.3, -0.25) is 4.74 Å². The third-order valence-electron chi connectivity index (χ3n) is 9.05. The average molecular weight is 679 g/mol. The van der Waals surface area contributed by atoms with Crippen LogP contribution in [-0.2, 0) is 39.1 Å². The number of fused-ring (bicyclic) bond motifs is 1. The summed E-state index contributed by atoms with van der Waals surface area (Å²) in [5.41, 5.74) is 1.46. The average Bonchev–Trinajstić information content (AvgIpc) is 3.55. The van der Waals surface area contributed by atoms with Crippen molar-refractivity contribution in [3.05, 3.63) is 144 Å². The molecule has 3 fully saturated rings. The zero-order valence-electron chi connectivity index (χ0n) is 27.3. The van der Waals surface area contributed by atoms with E-state index in [1.54, 1.807) is 91.0 Å². The van der Waals surface area contributed by atoms with Crippen molar-refractivity contribution in [2.75, 3.05) is 6.61 Å². The number of carbonyl (C=O) groups excluding carboxylic acids is 3. The molecule has 0 spiro atoms. The molecule has 10 nitrogen and oxygen atoms in total. The van der Waals surface area contributed by atoms with Gasteiger partial charge in [-0.15, -0.1) is 0 Å². The van der Waals surface area contributed by atoms with E-state index in [0.29, 0.717) is 11.1 Å². The summed E-state index contributed by atoms with van der Waals surface area (Å²) >= 11 is 0. The highest BCUT2D eigenvalue weighted by Crippen LogP contribution is 2.46. The van der Waals surface area contributed by atoms with Crippen LogP contribution in [0.2, 0.25) is 0 Å². The molecule has 50 heavy (non-hydrogen) atoms. The van der Waals surface area contributed by atoms with Crippen LogP contribution in [0.3, 0.4) is 0 Å². The van der Waals surface area contributed by atoms with E-state index in [1.165, 1.54) is 0 Å². The molecule has 1 saturated carbocycles.